The summed E-state index contributed by atoms with van der Waals surface area (Å²) in [6, 6.07) is 1.44. The van der Waals surface area contributed by atoms with E-state index in [4.69, 9.17) is 18.6 Å². The summed E-state index contributed by atoms with van der Waals surface area (Å²) in [4.78, 5) is 4.93. The molecule has 0 aromatic heterocycles. The fourth-order valence-electron chi connectivity index (χ4n) is 4.56. The van der Waals surface area contributed by atoms with Crippen molar-refractivity contribution in [2.24, 2.45) is 5.92 Å². The predicted octanol–water partition coefficient (Wildman–Crippen LogP) is 4.20. The van der Waals surface area contributed by atoms with Crippen molar-refractivity contribution in [1.29, 1.82) is 0 Å². The minimum atomic E-state index is -1.38. The molecule has 0 bridgehead atoms. The summed E-state index contributed by atoms with van der Waals surface area (Å²) >= 11 is -0.556. The number of halogens is 2. The summed E-state index contributed by atoms with van der Waals surface area (Å²) in [5.74, 6) is 0.748. The van der Waals surface area contributed by atoms with Gasteiger partial charge < -0.3 is 21.7 Å². The topological polar surface area (TPSA) is 6.48 Å². The van der Waals surface area contributed by atoms with Crippen LogP contribution in [-0.2, 0) is 17.0 Å². The Hall–Kier alpha value is 1.39. The first-order chi connectivity index (χ1) is 10.3. The molecule has 146 valence electrons. The molecule has 3 nitrogen and oxygen atoms in total. The molecule has 0 N–H and O–H groups in total. The third-order valence-corrected chi connectivity index (χ3v) is 8.92. The van der Waals surface area contributed by atoms with Gasteiger partial charge in [0.15, 0.2) is 0 Å². The van der Waals surface area contributed by atoms with Gasteiger partial charge >= 0.3 is 35.6 Å². The first-order valence-electron chi connectivity index (χ1n) is 8.25. The Morgan fingerprint density at radius 3 is 1.75 bits per heavy atom. The van der Waals surface area contributed by atoms with Gasteiger partial charge in [0, 0.05) is 33.2 Å². The van der Waals surface area contributed by atoms with Crippen LogP contribution in [0.4, 0.5) is 0 Å². The van der Waals surface area contributed by atoms with Crippen molar-refractivity contribution in [3.8, 4) is 0 Å². The Morgan fingerprint density at radius 2 is 1.46 bits per heavy atom. The molecule has 3 unspecified atom stereocenters. The van der Waals surface area contributed by atoms with Crippen LogP contribution in [0.3, 0.4) is 0 Å². The van der Waals surface area contributed by atoms with Gasteiger partial charge in [-0.3, -0.25) is 0 Å². The molecule has 24 heavy (non-hydrogen) atoms. The molecular weight excluding hydrogens is 393 g/mol. The zero-order valence-electron chi connectivity index (χ0n) is 17.7. The molecule has 4 atom stereocenters. The van der Waals surface area contributed by atoms with Crippen molar-refractivity contribution < 1.29 is 21.5 Å². The van der Waals surface area contributed by atoms with Gasteiger partial charge in [-0.25, -0.2) is 0 Å². The molecule has 7 heteroatoms. The van der Waals surface area contributed by atoms with E-state index < -0.39 is 25.1 Å². The Kier molecular flexibility index (Phi) is 13.0. The summed E-state index contributed by atoms with van der Waals surface area (Å²) in [7, 11) is 24.3. The first kappa shape index (κ1) is 27.6. The monoisotopic (exact) mass is 432 g/mol. The second-order valence-electron chi connectivity index (χ2n) is 8.82. The van der Waals surface area contributed by atoms with Crippen molar-refractivity contribution in [1.82, 2.24) is 9.80 Å². The second kappa shape index (κ2) is 11.3. The molecule has 0 aromatic rings. The number of hydrogen-bond donors (Lipinski definition) is 0. The van der Waals surface area contributed by atoms with Crippen LogP contribution in [0.1, 0.15) is 13.3 Å². The van der Waals surface area contributed by atoms with E-state index in [1.54, 1.807) is 0 Å². The van der Waals surface area contributed by atoms with Gasteiger partial charge in [-0.2, -0.15) is 0 Å². The maximum atomic E-state index is 4.89. The SMILES string of the molecule is C[C@@H]1C(N(C)C)CC([Si](C)(C)[CH-][N+](C)(C)C)C1N(C)C.[CH3-].[Cl][Ti][Cl]. The number of hydrogen-bond acceptors (Lipinski definition) is 2. The van der Waals surface area contributed by atoms with Crippen LogP contribution < -0.4 is 0 Å². The van der Waals surface area contributed by atoms with Crippen molar-refractivity contribution in [3.63, 3.8) is 0 Å². The third kappa shape index (κ3) is 8.39. The molecule has 1 aliphatic rings. The molecule has 1 fully saturated rings. The van der Waals surface area contributed by atoms with Crippen LogP contribution in [0.25, 0.3) is 0 Å². The quantitative estimate of drug-likeness (QED) is 0.364. The zero-order valence-corrected chi connectivity index (χ0v) is 21.8. The van der Waals surface area contributed by atoms with E-state index >= 15 is 0 Å². The number of nitrogens with zero attached hydrogens (tertiary/aromatic N) is 3. The van der Waals surface area contributed by atoms with Crippen LogP contribution in [0.2, 0.25) is 18.6 Å². The van der Waals surface area contributed by atoms with Crippen molar-refractivity contribution in [2.45, 2.75) is 44.1 Å². The summed E-state index contributed by atoms with van der Waals surface area (Å²) in [5, 5.41) is 0. The molecular formula is C17H40Cl2N3SiTi-. The van der Waals surface area contributed by atoms with Crippen LogP contribution in [-0.4, -0.2) is 83.8 Å². The van der Waals surface area contributed by atoms with Gasteiger partial charge in [0.2, 0.25) is 0 Å². The van der Waals surface area contributed by atoms with E-state index in [1.165, 1.54) is 6.42 Å². The molecule has 0 heterocycles. The summed E-state index contributed by atoms with van der Waals surface area (Å²) < 4.78 is 0.983. The molecule has 1 rings (SSSR count). The molecule has 0 aliphatic heterocycles. The zero-order chi connectivity index (χ0) is 18.6. The van der Waals surface area contributed by atoms with E-state index in [-0.39, 0.29) is 7.43 Å². The maximum absolute atomic E-state index is 4.89. The van der Waals surface area contributed by atoms with E-state index in [0.717, 1.165) is 22.0 Å². The third-order valence-electron chi connectivity index (χ3n) is 4.99. The molecule has 1 saturated carbocycles. The Bertz CT molecular complexity index is 349. The molecule has 1 aliphatic carbocycles. The number of rotatable bonds is 5. The molecule has 0 radical (unpaired) electrons. The standard InChI is InChI=1S/C16H37N3Si.CH3.2ClH.Ti/c1-13-14(17(2)3)11-15(16(13)18(4)5)20(9,10)12-19(6,7)8;;;;/h12-16H,11H2,1-10H3;1H3;2*1H;/q;-1;;;+2/p-2/t13-,14?,15?,16?;;;;/m1..../s1. The number of quaternary nitrogens is 1. The Balaban J connectivity index is 0. The minimum absolute atomic E-state index is 0. The van der Waals surface area contributed by atoms with E-state index in [2.05, 4.69) is 85.3 Å². The van der Waals surface area contributed by atoms with Gasteiger partial charge in [-0.15, -0.1) is 6.17 Å². The molecule has 0 amide bonds. The van der Waals surface area contributed by atoms with Crippen molar-refractivity contribution in [3.05, 3.63) is 13.6 Å². The predicted molar refractivity (Wildman–Crippen MR) is 110 cm³/mol. The van der Waals surface area contributed by atoms with Gasteiger partial charge in [0.05, 0.1) is 0 Å². The Morgan fingerprint density at radius 1 is 1.04 bits per heavy atom. The van der Waals surface area contributed by atoms with E-state index in [1.807, 2.05) is 0 Å². The second-order valence-corrected chi connectivity index (χ2v) is 16.0. The van der Waals surface area contributed by atoms with Crippen molar-refractivity contribution >= 4 is 26.7 Å². The van der Waals surface area contributed by atoms with Crippen molar-refractivity contribution in [2.75, 3.05) is 49.3 Å². The van der Waals surface area contributed by atoms with E-state index in [0.29, 0.717) is 6.04 Å². The molecule has 0 spiro atoms. The van der Waals surface area contributed by atoms with E-state index in [9.17, 15) is 0 Å². The van der Waals surface area contributed by atoms with Gasteiger partial charge in [-0.05, 0) is 48.6 Å². The van der Waals surface area contributed by atoms with Gasteiger partial charge in [-0.1, -0.05) is 25.6 Å². The summed E-state index contributed by atoms with van der Waals surface area (Å²) in [6.45, 7) is 7.57. The first-order valence-corrected chi connectivity index (χ1v) is 15.7. The van der Waals surface area contributed by atoms with Crippen LogP contribution >= 0.6 is 18.6 Å². The average molecular weight is 433 g/mol. The van der Waals surface area contributed by atoms with Gasteiger partial charge in [0.1, 0.15) is 0 Å². The molecule has 0 aromatic carbocycles. The normalized spacial score (nSPS) is 27.6. The van der Waals surface area contributed by atoms with Crippen LogP contribution in [0, 0.1) is 19.5 Å². The Labute approximate surface area is 170 Å². The average Bonchev–Trinajstić information content (AvgIpc) is 2.65. The van der Waals surface area contributed by atoms with Gasteiger partial charge in [0.25, 0.3) is 0 Å². The fraction of sp³-hybridized carbons (Fsp3) is 0.882. The van der Waals surface area contributed by atoms with Crippen LogP contribution in [0.15, 0.2) is 0 Å². The molecule has 0 saturated heterocycles. The summed E-state index contributed by atoms with van der Waals surface area (Å²) in [6.07, 6.45) is 4.01. The fourth-order valence-corrected chi connectivity index (χ4v) is 9.08. The summed E-state index contributed by atoms with van der Waals surface area (Å²) in [5.41, 5.74) is 0.845. The van der Waals surface area contributed by atoms with Crippen LogP contribution in [0.5, 0.6) is 0 Å².